The lowest BCUT2D eigenvalue weighted by atomic mass is 10.2. The minimum atomic E-state index is -0.367. The maximum absolute atomic E-state index is 11.2. The minimum absolute atomic E-state index is 0.0815. The van der Waals surface area contributed by atoms with Crippen molar-refractivity contribution in [1.82, 2.24) is 4.98 Å². The highest BCUT2D eigenvalue weighted by molar-refractivity contribution is 5.85. The molecule has 0 spiro atoms. The number of benzene rings is 1. The summed E-state index contributed by atoms with van der Waals surface area (Å²) in [6.45, 7) is 2.04. The molecule has 0 saturated carbocycles. The fraction of sp³-hybridized carbons (Fsp3) is 0.231. The normalized spacial score (nSPS) is 10.2. The predicted molar refractivity (Wildman–Crippen MR) is 63.9 cm³/mol. The second-order valence-electron chi connectivity index (χ2n) is 3.42. The van der Waals surface area contributed by atoms with Gasteiger partial charge in [-0.1, -0.05) is 6.07 Å². The quantitative estimate of drug-likeness (QED) is 0.757. The Labute approximate surface area is 99.2 Å². The molecule has 4 heteroatoms. The molecule has 0 atom stereocenters. The van der Waals surface area contributed by atoms with Gasteiger partial charge in [0, 0.05) is 11.6 Å². The number of hydrogen-bond acceptors (Lipinski definition) is 4. The molecule has 2 aromatic rings. The van der Waals surface area contributed by atoms with Crippen molar-refractivity contribution in [1.29, 1.82) is 0 Å². The molecule has 0 amide bonds. The molecular formula is C13H13NO3. The number of pyridine rings is 1. The summed E-state index contributed by atoms with van der Waals surface area (Å²) in [6.07, 6.45) is 1.72. The summed E-state index contributed by atoms with van der Waals surface area (Å²) in [4.78, 5) is 15.4. The summed E-state index contributed by atoms with van der Waals surface area (Å²) >= 11 is 0. The Kier molecular flexibility index (Phi) is 3.55. The summed E-state index contributed by atoms with van der Waals surface area (Å²) in [5.74, 6) is 0.275. The maximum atomic E-state index is 11.2. The molecule has 0 aliphatic rings. The van der Waals surface area contributed by atoms with Crippen molar-refractivity contribution in [3.63, 3.8) is 0 Å². The minimum Gasteiger partial charge on any atom is -0.481 e. The molecule has 0 radical (unpaired) electrons. The first-order chi connectivity index (χ1) is 8.31. The Morgan fingerprint density at radius 3 is 3.00 bits per heavy atom. The first-order valence-electron chi connectivity index (χ1n) is 5.43. The molecule has 0 aliphatic carbocycles. The van der Waals surface area contributed by atoms with Crippen LogP contribution in [0.4, 0.5) is 0 Å². The van der Waals surface area contributed by atoms with Crippen molar-refractivity contribution in [2.75, 3.05) is 13.2 Å². The Morgan fingerprint density at radius 2 is 2.18 bits per heavy atom. The average Bonchev–Trinajstić information content (AvgIpc) is 2.36. The van der Waals surface area contributed by atoms with Crippen LogP contribution in [0.25, 0.3) is 10.9 Å². The summed E-state index contributed by atoms with van der Waals surface area (Å²) < 4.78 is 10.2. The summed E-state index contributed by atoms with van der Waals surface area (Å²) in [7, 11) is 0. The fourth-order valence-electron chi connectivity index (χ4n) is 1.54. The fourth-order valence-corrected chi connectivity index (χ4v) is 1.54. The SMILES string of the molecule is CCOC(=O)COc1cccc2ncccc12. The molecule has 0 fully saturated rings. The Balaban J connectivity index is 2.16. The zero-order chi connectivity index (χ0) is 12.1. The molecule has 4 nitrogen and oxygen atoms in total. The third kappa shape index (κ3) is 2.72. The Hall–Kier alpha value is -2.10. The molecule has 0 N–H and O–H groups in total. The van der Waals surface area contributed by atoms with Crippen LogP contribution >= 0.6 is 0 Å². The van der Waals surface area contributed by atoms with Crippen LogP contribution in [0.5, 0.6) is 5.75 Å². The van der Waals surface area contributed by atoms with Crippen molar-refractivity contribution in [3.05, 3.63) is 36.5 Å². The number of hydrogen-bond donors (Lipinski definition) is 0. The first kappa shape index (κ1) is 11.4. The number of esters is 1. The van der Waals surface area contributed by atoms with E-state index in [4.69, 9.17) is 9.47 Å². The predicted octanol–water partition coefficient (Wildman–Crippen LogP) is 2.18. The van der Waals surface area contributed by atoms with Crippen LogP contribution in [0.3, 0.4) is 0 Å². The molecule has 0 bridgehead atoms. The van der Waals surface area contributed by atoms with Gasteiger partial charge in [0.1, 0.15) is 5.75 Å². The van der Waals surface area contributed by atoms with Gasteiger partial charge in [0.25, 0.3) is 0 Å². The number of rotatable bonds is 4. The van der Waals surface area contributed by atoms with Crippen molar-refractivity contribution in [2.45, 2.75) is 6.92 Å². The molecule has 88 valence electrons. The van der Waals surface area contributed by atoms with Crippen LogP contribution in [0.15, 0.2) is 36.5 Å². The number of carbonyl (C=O) groups excluding carboxylic acids is 1. The molecule has 2 rings (SSSR count). The highest BCUT2D eigenvalue weighted by Crippen LogP contribution is 2.23. The summed E-state index contributed by atoms with van der Waals surface area (Å²) in [5.41, 5.74) is 0.842. The van der Waals surface area contributed by atoms with Gasteiger partial charge >= 0.3 is 5.97 Å². The van der Waals surface area contributed by atoms with Gasteiger partial charge in [0.2, 0.25) is 0 Å². The summed E-state index contributed by atoms with van der Waals surface area (Å²) in [5, 5.41) is 0.888. The van der Waals surface area contributed by atoms with Gasteiger partial charge in [-0.3, -0.25) is 4.98 Å². The van der Waals surface area contributed by atoms with Crippen molar-refractivity contribution < 1.29 is 14.3 Å². The van der Waals surface area contributed by atoms with Gasteiger partial charge in [-0.15, -0.1) is 0 Å². The van der Waals surface area contributed by atoms with E-state index in [1.807, 2.05) is 30.3 Å². The van der Waals surface area contributed by atoms with Gasteiger partial charge in [-0.2, -0.15) is 0 Å². The van der Waals surface area contributed by atoms with Crippen LogP contribution in [0, 0.1) is 0 Å². The van der Waals surface area contributed by atoms with Crippen LogP contribution in [0.2, 0.25) is 0 Å². The second kappa shape index (κ2) is 5.30. The lowest BCUT2D eigenvalue weighted by Gasteiger charge is -2.08. The zero-order valence-corrected chi connectivity index (χ0v) is 9.55. The summed E-state index contributed by atoms with van der Waals surface area (Å²) in [6, 6.07) is 9.29. The van der Waals surface area contributed by atoms with Crippen LogP contribution in [-0.4, -0.2) is 24.2 Å². The van der Waals surface area contributed by atoms with Crippen molar-refractivity contribution in [2.24, 2.45) is 0 Å². The average molecular weight is 231 g/mol. The van der Waals surface area contributed by atoms with E-state index in [1.165, 1.54) is 0 Å². The monoisotopic (exact) mass is 231 g/mol. The van der Waals surface area contributed by atoms with Gasteiger partial charge in [-0.05, 0) is 31.2 Å². The molecule has 0 aliphatic heterocycles. The first-order valence-corrected chi connectivity index (χ1v) is 5.43. The lowest BCUT2D eigenvalue weighted by molar-refractivity contribution is -0.145. The molecular weight excluding hydrogens is 218 g/mol. The van der Waals surface area contributed by atoms with E-state index in [0.717, 1.165) is 10.9 Å². The highest BCUT2D eigenvalue weighted by atomic mass is 16.6. The largest absolute Gasteiger partial charge is 0.481 e. The Bertz CT molecular complexity index is 520. The third-order valence-corrected chi connectivity index (χ3v) is 2.26. The van der Waals surface area contributed by atoms with Crippen LogP contribution in [0.1, 0.15) is 6.92 Å². The van der Waals surface area contributed by atoms with Crippen molar-refractivity contribution in [3.8, 4) is 5.75 Å². The number of ether oxygens (including phenoxy) is 2. The highest BCUT2D eigenvalue weighted by Gasteiger charge is 2.06. The van der Waals surface area contributed by atoms with E-state index in [9.17, 15) is 4.79 Å². The van der Waals surface area contributed by atoms with E-state index in [2.05, 4.69) is 4.98 Å². The number of carbonyl (C=O) groups is 1. The van der Waals surface area contributed by atoms with E-state index >= 15 is 0 Å². The van der Waals surface area contributed by atoms with Crippen LogP contribution < -0.4 is 4.74 Å². The smallest absolute Gasteiger partial charge is 0.344 e. The Morgan fingerprint density at radius 1 is 1.29 bits per heavy atom. The standard InChI is InChI=1S/C13H13NO3/c1-2-16-13(15)9-17-12-7-3-6-11-10(12)5-4-8-14-11/h3-8H,2,9H2,1H3. The number of fused-ring (bicyclic) bond motifs is 1. The number of aromatic nitrogens is 1. The molecule has 1 aromatic heterocycles. The maximum Gasteiger partial charge on any atom is 0.344 e. The topological polar surface area (TPSA) is 48.4 Å². The molecule has 0 unspecified atom stereocenters. The van der Waals surface area contributed by atoms with E-state index in [-0.39, 0.29) is 12.6 Å². The van der Waals surface area contributed by atoms with E-state index < -0.39 is 0 Å². The lowest BCUT2D eigenvalue weighted by Crippen LogP contribution is -2.14. The van der Waals surface area contributed by atoms with Gasteiger partial charge in [0.05, 0.1) is 12.1 Å². The second-order valence-corrected chi connectivity index (χ2v) is 3.42. The molecule has 1 heterocycles. The van der Waals surface area contributed by atoms with E-state index in [0.29, 0.717) is 12.4 Å². The third-order valence-electron chi connectivity index (χ3n) is 2.26. The molecule has 1 aromatic carbocycles. The van der Waals surface area contributed by atoms with Gasteiger partial charge < -0.3 is 9.47 Å². The van der Waals surface area contributed by atoms with Gasteiger partial charge in [-0.25, -0.2) is 4.79 Å². The van der Waals surface area contributed by atoms with E-state index in [1.54, 1.807) is 13.1 Å². The van der Waals surface area contributed by atoms with Crippen molar-refractivity contribution >= 4 is 16.9 Å². The molecule has 0 saturated heterocycles. The molecule has 17 heavy (non-hydrogen) atoms. The number of nitrogens with zero attached hydrogens (tertiary/aromatic N) is 1. The van der Waals surface area contributed by atoms with Crippen LogP contribution in [-0.2, 0) is 9.53 Å². The van der Waals surface area contributed by atoms with Gasteiger partial charge in [0.15, 0.2) is 6.61 Å². The zero-order valence-electron chi connectivity index (χ0n) is 9.55.